The minimum Gasteiger partial charge on any atom is -0.356 e. The third-order valence-corrected chi connectivity index (χ3v) is 4.65. The fraction of sp³-hybridized carbons (Fsp3) is 0.600. The Morgan fingerprint density at radius 3 is 2.54 bits per heavy atom. The molecule has 2 unspecified atom stereocenters. The first-order valence-corrected chi connectivity index (χ1v) is 9.13. The molecule has 0 aliphatic carbocycles. The second kappa shape index (κ2) is 8.86. The molecule has 2 amide bonds. The van der Waals surface area contributed by atoms with Crippen LogP contribution in [0.2, 0.25) is 0 Å². The highest BCUT2D eigenvalue weighted by molar-refractivity contribution is 5.83. The molecule has 0 aromatic heterocycles. The van der Waals surface area contributed by atoms with Crippen molar-refractivity contribution >= 4 is 11.8 Å². The molecular formula is C20H30N2O2. The lowest BCUT2D eigenvalue weighted by atomic mass is 9.88. The number of carbonyl (C=O) groups is 2. The van der Waals surface area contributed by atoms with Gasteiger partial charge in [0, 0.05) is 32.0 Å². The zero-order valence-electron chi connectivity index (χ0n) is 15.1. The van der Waals surface area contributed by atoms with E-state index in [-0.39, 0.29) is 23.7 Å². The molecule has 1 saturated heterocycles. The lowest BCUT2D eigenvalue weighted by molar-refractivity contribution is -0.131. The van der Waals surface area contributed by atoms with Crippen LogP contribution in [0.1, 0.15) is 51.5 Å². The average molecular weight is 330 g/mol. The standard InChI is InChI=1S/C20H30N2O2/c1-4-5-11-21-20(24)18-14-22(19(23)12-15(2)3)13-17(18)16-9-7-6-8-10-16/h6-10,15,17-18H,4-5,11-14H2,1-3H3,(H,21,24). The van der Waals surface area contributed by atoms with Gasteiger partial charge in [0.25, 0.3) is 0 Å². The molecule has 0 spiro atoms. The zero-order chi connectivity index (χ0) is 17.5. The number of amides is 2. The number of unbranched alkanes of at least 4 members (excludes halogenated alkanes) is 1. The van der Waals surface area contributed by atoms with Crippen molar-refractivity contribution in [2.75, 3.05) is 19.6 Å². The fourth-order valence-corrected chi connectivity index (χ4v) is 3.31. The van der Waals surface area contributed by atoms with Crippen LogP contribution in [-0.2, 0) is 9.59 Å². The van der Waals surface area contributed by atoms with E-state index in [2.05, 4.69) is 38.2 Å². The van der Waals surface area contributed by atoms with Gasteiger partial charge in [-0.1, -0.05) is 57.5 Å². The molecule has 1 fully saturated rings. The molecule has 0 bridgehead atoms. The first-order chi connectivity index (χ1) is 11.5. The largest absolute Gasteiger partial charge is 0.356 e. The van der Waals surface area contributed by atoms with E-state index in [4.69, 9.17) is 0 Å². The molecule has 1 heterocycles. The Labute approximate surface area is 145 Å². The molecule has 132 valence electrons. The quantitative estimate of drug-likeness (QED) is 0.781. The smallest absolute Gasteiger partial charge is 0.225 e. The molecule has 2 rings (SSSR count). The fourth-order valence-electron chi connectivity index (χ4n) is 3.31. The van der Waals surface area contributed by atoms with Crippen LogP contribution < -0.4 is 5.32 Å². The maximum atomic E-state index is 12.6. The van der Waals surface area contributed by atoms with Crippen LogP contribution >= 0.6 is 0 Å². The van der Waals surface area contributed by atoms with Gasteiger partial charge in [0.2, 0.25) is 11.8 Å². The zero-order valence-corrected chi connectivity index (χ0v) is 15.1. The Morgan fingerprint density at radius 1 is 1.21 bits per heavy atom. The molecule has 1 aromatic carbocycles. The van der Waals surface area contributed by atoms with Gasteiger partial charge in [-0.2, -0.15) is 0 Å². The Bertz CT molecular complexity index is 542. The van der Waals surface area contributed by atoms with E-state index in [0.29, 0.717) is 32.0 Å². The summed E-state index contributed by atoms with van der Waals surface area (Å²) in [6.45, 7) is 8.10. The van der Waals surface area contributed by atoms with Crippen molar-refractivity contribution in [2.24, 2.45) is 11.8 Å². The molecule has 1 aliphatic heterocycles. The molecular weight excluding hydrogens is 300 g/mol. The lowest BCUT2D eigenvalue weighted by Crippen LogP contribution is -2.36. The monoisotopic (exact) mass is 330 g/mol. The van der Waals surface area contributed by atoms with E-state index in [1.54, 1.807) is 0 Å². The van der Waals surface area contributed by atoms with E-state index in [0.717, 1.165) is 18.4 Å². The number of hydrogen-bond donors (Lipinski definition) is 1. The van der Waals surface area contributed by atoms with Gasteiger partial charge >= 0.3 is 0 Å². The Morgan fingerprint density at radius 2 is 1.92 bits per heavy atom. The summed E-state index contributed by atoms with van der Waals surface area (Å²) in [5.74, 6) is 0.515. The maximum absolute atomic E-state index is 12.6. The maximum Gasteiger partial charge on any atom is 0.225 e. The SMILES string of the molecule is CCCCNC(=O)C1CN(C(=O)CC(C)C)CC1c1ccccc1. The molecule has 24 heavy (non-hydrogen) atoms. The molecule has 4 heteroatoms. The van der Waals surface area contributed by atoms with Crippen molar-refractivity contribution in [1.82, 2.24) is 10.2 Å². The van der Waals surface area contributed by atoms with Gasteiger partial charge in [-0.15, -0.1) is 0 Å². The molecule has 1 N–H and O–H groups in total. The van der Waals surface area contributed by atoms with Crippen LogP contribution in [0.3, 0.4) is 0 Å². The van der Waals surface area contributed by atoms with Crippen LogP contribution in [-0.4, -0.2) is 36.3 Å². The summed E-state index contributed by atoms with van der Waals surface area (Å²) >= 11 is 0. The van der Waals surface area contributed by atoms with Crippen molar-refractivity contribution in [3.8, 4) is 0 Å². The Hall–Kier alpha value is -1.84. The number of rotatable bonds is 7. The Balaban J connectivity index is 2.11. The summed E-state index contributed by atoms with van der Waals surface area (Å²) in [7, 11) is 0. The number of benzene rings is 1. The van der Waals surface area contributed by atoms with E-state index in [1.165, 1.54) is 0 Å². The van der Waals surface area contributed by atoms with Crippen LogP contribution in [0.4, 0.5) is 0 Å². The number of hydrogen-bond acceptors (Lipinski definition) is 2. The molecule has 0 saturated carbocycles. The van der Waals surface area contributed by atoms with E-state index < -0.39 is 0 Å². The van der Waals surface area contributed by atoms with Gasteiger partial charge in [0.05, 0.1) is 5.92 Å². The molecule has 1 aromatic rings. The minimum absolute atomic E-state index is 0.0807. The predicted molar refractivity (Wildman–Crippen MR) is 96.6 cm³/mol. The van der Waals surface area contributed by atoms with E-state index in [9.17, 15) is 9.59 Å². The summed E-state index contributed by atoms with van der Waals surface area (Å²) in [6.07, 6.45) is 2.60. The minimum atomic E-state index is -0.152. The van der Waals surface area contributed by atoms with Crippen molar-refractivity contribution in [3.05, 3.63) is 35.9 Å². The van der Waals surface area contributed by atoms with Gasteiger partial charge in [-0.05, 0) is 17.9 Å². The van der Waals surface area contributed by atoms with Crippen LogP contribution in [0.25, 0.3) is 0 Å². The summed E-state index contributed by atoms with van der Waals surface area (Å²) < 4.78 is 0. The second-order valence-electron chi connectivity index (χ2n) is 7.16. The summed E-state index contributed by atoms with van der Waals surface area (Å²) in [4.78, 5) is 27.0. The number of likely N-dealkylation sites (tertiary alicyclic amines) is 1. The lowest BCUT2D eigenvalue weighted by Gasteiger charge is -2.18. The van der Waals surface area contributed by atoms with E-state index in [1.807, 2.05) is 23.1 Å². The third-order valence-electron chi connectivity index (χ3n) is 4.65. The summed E-state index contributed by atoms with van der Waals surface area (Å²) in [6, 6.07) is 10.1. The highest BCUT2D eigenvalue weighted by Crippen LogP contribution is 2.33. The highest BCUT2D eigenvalue weighted by Gasteiger charge is 2.40. The van der Waals surface area contributed by atoms with Gasteiger partial charge in [0.1, 0.15) is 0 Å². The highest BCUT2D eigenvalue weighted by atomic mass is 16.2. The van der Waals surface area contributed by atoms with Crippen LogP contribution in [0, 0.1) is 11.8 Å². The van der Waals surface area contributed by atoms with Crippen molar-refractivity contribution < 1.29 is 9.59 Å². The van der Waals surface area contributed by atoms with Crippen molar-refractivity contribution in [1.29, 1.82) is 0 Å². The van der Waals surface area contributed by atoms with Gasteiger partial charge in [-0.3, -0.25) is 9.59 Å². The predicted octanol–water partition coefficient (Wildman–Crippen LogP) is 3.19. The number of carbonyl (C=O) groups excluding carboxylic acids is 2. The van der Waals surface area contributed by atoms with Crippen molar-refractivity contribution in [2.45, 2.75) is 46.0 Å². The topological polar surface area (TPSA) is 49.4 Å². The van der Waals surface area contributed by atoms with Crippen LogP contribution in [0.15, 0.2) is 30.3 Å². The normalized spacial score (nSPS) is 20.4. The second-order valence-corrected chi connectivity index (χ2v) is 7.16. The summed E-state index contributed by atoms with van der Waals surface area (Å²) in [5.41, 5.74) is 1.15. The van der Waals surface area contributed by atoms with Crippen LogP contribution in [0.5, 0.6) is 0 Å². The first kappa shape index (κ1) is 18.5. The van der Waals surface area contributed by atoms with Gasteiger partial charge in [0.15, 0.2) is 0 Å². The van der Waals surface area contributed by atoms with E-state index >= 15 is 0 Å². The molecule has 1 aliphatic rings. The van der Waals surface area contributed by atoms with Gasteiger partial charge in [-0.25, -0.2) is 0 Å². The number of nitrogens with one attached hydrogen (secondary N) is 1. The average Bonchev–Trinajstić information content (AvgIpc) is 3.01. The first-order valence-electron chi connectivity index (χ1n) is 9.13. The third kappa shape index (κ3) is 4.83. The van der Waals surface area contributed by atoms with Crippen molar-refractivity contribution in [3.63, 3.8) is 0 Å². The molecule has 4 nitrogen and oxygen atoms in total. The molecule has 2 atom stereocenters. The number of nitrogens with zero attached hydrogens (tertiary/aromatic N) is 1. The summed E-state index contributed by atoms with van der Waals surface area (Å²) in [5, 5.41) is 3.05. The Kier molecular flexibility index (Phi) is 6.83. The van der Waals surface area contributed by atoms with Gasteiger partial charge < -0.3 is 10.2 Å². The molecule has 0 radical (unpaired) electrons.